The molecule has 1 rings (SSSR count). The van der Waals surface area contributed by atoms with Gasteiger partial charge in [0.25, 0.3) is 0 Å². The van der Waals surface area contributed by atoms with Gasteiger partial charge in [0.2, 0.25) is 0 Å². The third-order valence-corrected chi connectivity index (χ3v) is 2.77. The Morgan fingerprint density at radius 3 is 2.41 bits per heavy atom. The molecule has 1 N–H and O–H groups in total. The smallest absolute Gasteiger partial charge is 0.342 e. The molecule has 17 heavy (non-hydrogen) atoms. The second-order valence-corrected chi connectivity index (χ2v) is 4.06. The van der Waals surface area contributed by atoms with E-state index in [1.165, 1.54) is 18.5 Å². The zero-order valence-corrected chi connectivity index (χ0v) is 9.20. The fourth-order valence-corrected chi connectivity index (χ4v) is 1.57. The molecule has 0 fully saturated rings. The molecule has 0 saturated heterocycles. The number of carbonyl (C=O) groups excluding carboxylic acids is 1. The van der Waals surface area contributed by atoms with Gasteiger partial charge in [0.1, 0.15) is 5.01 Å². The molecule has 0 spiro atoms. The van der Waals surface area contributed by atoms with E-state index in [2.05, 4.69) is 4.98 Å². The van der Waals surface area contributed by atoms with Gasteiger partial charge < -0.3 is 5.32 Å². The van der Waals surface area contributed by atoms with E-state index < -0.39 is 24.0 Å². The molecule has 1 aromatic rings. The van der Waals surface area contributed by atoms with Crippen molar-refractivity contribution in [3.05, 3.63) is 16.6 Å². The monoisotopic (exact) mass is 274 g/mol. The molecule has 9 heteroatoms. The van der Waals surface area contributed by atoms with Gasteiger partial charge in [0.05, 0.1) is 6.04 Å². The third kappa shape index (κ3) is 2.90. The van der Waals surface area contributed by atoms with Crippen LogP contribution in [-0.4, -0.2) is 23.0 Å². The summed E-state index contributed by atoms with van der Waals surface area (Å²) in [7, 11) is 0. The fraction of sp³-hybridized carbons (Fsp3) is 0.500. The molecular formula is C8H7F5N2OS. The molecule has 1 aromatic heterocycles. The normalized spacial score (nSPS) is 14.5. The first kappa shape index (κ1) is 13.8. The number of nitrogens with one attached hydrogen (secondary N) is 1. The maximum Gasteiger partial charge on any atom is 0.463 e. The molecule has 0 aliphatic heterocycles. The van der Waals surface area contributed by atoms with Gasteiger partial charge in [-0.3, -0.25) is 4.79 Å². The van der Waals surface area contributed by atoms with Gasteiger partial charge in [-0.05, 0) is 6.92 Å². The highest BCUT2D eigenvalue weighted by atomic mass is 32.1. The summed E-state index contributed by atoms with van der Waals surface area (Å²) in [6.45, 7) is 1.27. The summed E-state index contributed by atoms with van der Waals surface area (Å²) >= 11 is 1.04. The second-order valence-electron chi connectivity index (χ2n) is 3.14. The molecule has 1 unspecified atom stereocenters. The van der Waals surface area contributed by atoms with Crippen molar-refractivity contribution >= 4 is 17.2 Å². The van der Waals surface area contributed by atoms with E-state index in [1.807, 2.05) is 0 Å². The lowest BCUT2D eigenvalue weighted by molar-refractivity contribution is -0.270. The van der Waals surface area contributed by atoms with Crippen LogP contribution in [0, 0.1) is 0 Å². The van der Waals surface area contributed by atoms with Crippen molar-refractivity contribution in [2.24, 2.45) is 0 Å². The number of hydrogen-bond acceptors (Lipinski definition) is 3. The average Bonchev–Trinajstić information content (AvgIpc) is 2.68. The van der Waals surface area contributed by atoms with E-state index in [0.29, 0.717) is 0 Å². The van der Waals surface area contributed by atoms with Crippen LogP contribution in [0.1, 0.15) is 18.0 Å². The quantitative estimate of drug-likeness (QED) is 0.860. The zero-order valence-electron chi connectivity index (χ0n) is 8.39. The van der Waals surface area contributed by atoms with Crippen molar-refractivity contribution in [2.45, 2.75) is 25.1 Å². The predicted octanol–water partition coefficient (Wildman–Crippen LogP) is 2.52. The average molecular weight is 274 g/mol. The highest BCUT2D eigenvalue weighted by molar-refractivity contribution is 7.09. The first-order valence-electron chi connectivity index (χ1n) is 4.31. The first-order chi connectivity index (χ1) is 7.66. The van der Waals surface area contributed by atoms with E-state index in [9.17, 15) is 26.7 Å². The Bertz CT molecular complexity index is 389. The Balaban J connectivity index is 2.73. The number of amides is 1. The van der Waals surface area contributed by atoms with Crippen molar-refractivity contribution in [1.29, 1.82) is 0 Å². The summed E-state index contributed by atoms with van der Waals surface area (Å²) in [6, 6.07) is -1.00. The highest BCUT2D eigenvalue weighted by Crippen LogP contribution is 2.36. The fourth-order valence-electron chi connectivity index (χ4n) is 0.926. The van der Waals surface area contributed by atoms with Crippen LogP contribution < -0.4 is 5.32 Å². The summed E-state index contributed by atoms with van der Waals surface area (Å²) in [4.78, 5) is 14.5. The summed E-state index contributed by atoms with van der Waals surface area (Å²) < 4.78 is 60.7. The van der Waals surface area contributed by atoms with Gasteiger partial charge in [-0.1, -0.05) is 0 Å². The van der Waals surface area contributed by atoms with Crippen LogP contribution >= 0.6 is 11.3 Å². The molecule has 1 amide bonds. The lowest BCUT2D eigenvalue weighted by Gasteiger charge is -2.20. The van der Waals surface area contributed by atoms with Crippen LogP contribution in [0.25, 0.3) is 0 Å². The number of thiazole rings is 1. The van der Waals surface area contributed by atoms with E-state index in [-0.39, 0.29) is 5.01 Å². The van der Waals surface area contributed by atoms with Gasteiger partial charge in [-0.2, -0.15) is 22.0 Å². The zero-order chi connectivity index (χ0) is 13.3. The molecule has 0 bridgehead atoms. The largest absolute Gasteiger partial charge is 0.463 e. The summed E-state index contributed by atoms with van der Waals surface area (Å²) in [5.41, 5.74) is 0. The van der Waals surface area contributed by atoms with E-state index >= 15 is 0 Å². The van der Waals surface area contributed by atoms with Gasteiger partial charge in [-0.25, -0.2) is 4.98 Å². The summed E-state index contributed by atoms with van der Waals surface area (Å²) in [5.74, 6) is -7.79. The van der Waals surface area contributed by atoms with Crippen molar-refractivity contribution in [3.63, 3.8) is 0 Å². The Kier molecular flexibility index (Phi) is 3.70. The van der Waals surface area contributed by atoms with Crippen LogP contribution in [0.15, 0.2) is 11.6 Å². The predicted molar refractivity (Wildman–Crippen MR) is 49.7 cm³/mol. The highest BCUT2D eigenvalue weighted by Gasteiger charge is 2.63. The molecule has 0 aliphatic rings. The number of hydrogen-bond donors (Lipinski definition) is 1. The Labute approximate surface area is 96.7 Å². The van der Waals surface area contributed by atoms with E-state index in [1.54, 1.807) is 5.32 Å². The van der Waals surface area contributed by atoms with E-state index in [4.69, 9.17) is 0 Å². The minimum absolute atomic E-state index is 0.247. The minimum atomic E-state index is -5.90. The molecule has 96 valence electrons. The van der Waals surface area contributed by atoms with Gasteiger partial charge in [-0.15, -0.1) is 11.3 Å². The van der Waals surface area contributed by atoms with Crippen molar-refractivity contribution in [2.75, 3.05) is 0 Å². The summed E-state index contributed by atoms with van der Waals surface area (Å²) in [5, 5.41) is 3.33. The molecular weight excluding hydrogens is 267 g/mol. The number of aromatic nitrogens is 1. The minimum Gasteiger partial charge on any atom is -0.342 e. The number of carbonyl (C=O) groups is 1. The van der Waals surface area contributed by atoms with E-state index in [0.717, 1.165) is 11.3 Å². The molecule has 0 saturated carbocycles. The number of nitrogens with zero attached hydrogens (tertiary/aromatic N) is 1. The first-order valence-corrected chi connectivity index (χ1v) is 5.19. The second kappa shape index (κ2) is 4.55. The summed E-state index contributed by atoms with van der Waals surface area (Å²) in [6.07, 6.45) is -4.55. The van der Waals surface area contributed by atoms with Crippen LogP contribution in [0.3, 0.4) is 0 Å². The van der Waals surface area contributed by atoms with Crippen molar-refractivity contribution < 1.29 is 26.7 Å². The van der Waals surface area contributed by atoms with Crippen LogP contribution in [0.4, 0.5) is 22.0 Å². The SMILES string of the molecule is CC(NC(=O)C(F)(F)C(F)(F)F)c1nccs1. The Hall–Kier alpha value is -1.25. The molecule has 3 nitrogen and oxygen atoms in total. The Morgan fingerprint density at radius 2 is 2.00 bits per heavy atom. The van der Waals surface area contributed by atoms with Crippen molar-refractivity contribution in [1.82, 2.24) is 10.3 Å². The Morgan fingerprint density at radius 1 is 1.41 bits per heavy atom. The molecule has 0 aromatic carbocycles. The lowest BCUT2D eigenvalue weighted by Crippen LogP contribution is -2.50. The standard InChI is InChI=1S/C8H7F5N2OS/c1-4(5-14-2-3-17-5)15-6(16)7(9,10)8(11,12)13/h2-4H,1H3,(H,15,16). The maximum atomic E-state index is 12.6. The lowest BCUT2D eigenvalue weighted by atomic mass is 10.2. The van der Waals surface area contributed by atoms with Gasteiger partial charge in [0.15, 0.2) is 0 Å². The van der Waals surface area contributed by atoms with Crippen molar-refractivity contribution in [3.8, 4) is 0 Å². The molecule has 0 radical (unpaired) electrons. The maximum absolute atomic E-state index is 12.6. The number of halogens is 5. The molecule has 0 aliphatic carbocycles. The van der Waals surface area contributed by atoms with Crippen LogP contribution in [0.5, 0.6) is 0 Å². The molecule has 1 heterocycles. The van der Waals surface area contributed by atoms with Crippen LogP contribution in [0.2, 0.25) is 0 Å². The molecule has 1 atom stereocenters. The van der Waals surface area contributed by atoms with Gasteiger partial charge in [0, 0.05) is 11.6 Å². The topological polar surface area (TPSA) is 42.0 Å². The number of rotatable bonds is 3. The van der Waals surface area contributed by atoms with Crippen LogP contribution in [-0.2, 0) is 4.79 Å². The third-order valence-electron chi connectivity index (χ3n) is 1.81. The van der Waals surface area contributed by atoms with Gasteiger partial charge >= 0.3 is 18.0 Å². The number of alkyl halides is 5.